The van der Waals surface area contributed by atoms with Gasteiger partial charge in [0, 0.05) is 30.6 Å². The Kier molecular flexibility index (Phi) is 7.59. The van der Waals surface area contributed by atoms with E-state index < -0.39 is 0 Å². The Morgan fingerprint density at radius 2 is 1.76 bits per heavy atom. The Morgan fingerprint density at radius 1 is 1.03 bits per heavy atom. The van der Waals surface area contributed by atoms with Crippen molar-refractivity contribution >= 4 is 17.5 Å². The average Bonchev–Trinajstić information content (AvgIpc) is 3.36. The summed E-state index contributed by atoms with van der Waals surface area (Å²) in [5.74, 6) is 0.303. The van der Waals surface area contributed by atoms with Crippen molar-refractivity contribution in [3.63, 3.8) is 0 Å². The van der Waals surface area contributed by atoms with Gasteiger partial charge in [-0.15, -0.1) is 10.2 Å². The number of ether oxygens (including phenoxy) is 1. The summed E-state index contributed by atoms with van der Waals surface area (Å²) < 4.78 is 23.7. The van der Waals surface area contributed by atoms with Crippen LogP contribution in [0.1, 0.15) is 27.3 Å². The molecule has 0 aliphatic carbocycles. The van der Waals surface area contributed by atoms with Gasteiger partial charge in [0.15, 0.2) is 16.8 Å². The van der Waals surface area contributed by atoms with Gasteiger partial charge in [0.1, 0.15) is 5.82 Å². The van der Waals surface area contributed by atoms with Crippen LogP contribution in [0.3, 0.4) is 0 Å². The largest absolute Gasteiger partial charge is 0.383 e. The molecule has 0 saturated carbocycles. The highest BCUT2D eigenvalue weighted by Gasteiger charge is 2.20. The van der Waals surface area contributed by atoms with Gasteiger partial charge in [0.25, 0.3) is 0 Å². The molecule has 4 aromatic rings. The number of hydrogen-bond donors (Lipinski definition) is 0. The zero-order chi connectivity index (χ0) is 24.1. The van der Waals surface area contributed by atoms with Gasteiger partial charge in [-0.1, -0.05) is 54.2 Å². The lowest BCUT2D eigenvalue weighted by molar-refractivity contribution is 0.102. The van der Waals surface area contributed by atoms with E-state index in [4.69, 9.17) is 4.74 Å². The van der Waals surface area contributed by atoms with Gasteiger partial charge in [-0.05, 0) is 37.6 Å². The predicted octanol–water partition coefficient (Wildman–Crippen LogP) is 5.17. The van der Waals surface area contributed by atoms with Crippen LogP contribution in [0.2, 0.25) is 0 Å². The molecule has 0 amide bonds. The molecule has 2 aromatic carbocycles. The van der Waals surface area contributed by atoms with Crippen molar-refractivity contribution in [3.05, 3.63) is 89.0 Å². The molecule has 0 atom stereocenters. The monoisotopic (exact) mass is 478 g/mol. The fourth-order valence-electron chi connectivity index (χ4n) is 3.96. The quantitative estimate of drug-likeness (QED) is 0.232. The second kappa shape index (κ2) is 10.8. The van der Waals surface area contributed by atoms with Gasteiger partial charge in [0.05, 0.1) is 24.5 Å². The van der Waals surface area contributed by atoms with Gasteiger partial charge < -0.3 is 9.30 Å². The highest BCUT2D eigenvalue weighted by molar-refractivity contribution is 7.99. The number of carbonyl (C=O) groups is 1. The Hall–Kier alpha value is -3.23. The van der Waals surface area contributed by atoms with Gasteiger partial charge in [-0.3, -0.25) is 9.36 Å². The summed E-state index contributed by atoms with van der Waals surface area (Å²) in [5.41, 5.74) is 4.07. The molecule has 176 valence electrons. The van der Waals surface area contributed by atoms with E-state index in [1.54, 1.807) is 25.3 Å². The highest BCUT2D eigenvalue weighted by atomic mass is 32.2. The smallest absolute Gasteiger partial charge is 0.192 e. The van der Waals surface area contributed by atoms with Crippen molar-refractivity contribution in [2.75, 3.05) is 19.5 Å². The molecule has 0 N–H and O–H groups in total. The topological polar surface area (TPSA) is 61.9 Å². The maximum Gasteiger partial charge on any atom is 0.192 e. The molecule has 0 aliphatic heterocycles. The zero-order valence-electron chi connectivity index (χ0n) is 19.5. The normalized spacial score (nSPS) is 11.2. The Balaban J connectivity index is 1.60. The first-order chi connectivity index (χ1) is 16.5. The third kappa shape index (κ3) is 5.13. The molecule has 0 aliphatic rings. The van der Waals surface area contributed by atoms with E-state index in [0.717, 1.165) is 17.0 Å². The summed E-state index contributed by atoms with van der Waals surface area (Å²) in [7, 11) is 1.66. The number of aryl methyl sites for hydroxylation is 1. The molecule has 0 unspecified atom stereocenters. The number of halogens is 1. The van der Waals surface area contributed by atoms with Crippen LogP contribution in [0.15, 0.2) is 65.8 Å². The van der Waals surface area contributed by atoms with E-state index in [0.29, 0.717) is 41.8 Å². The minimum atomic E-state index is -0.361. The van der Waals surface area contributed by atoms with Crippen LogP contribution >= 0.6 is 11.8 Å². The van der Waals surface area contributed by atoms with E-state index in [1.165, 1.54) is 17.8 Å². The molecule has 8 heteroatoms. The molecule has 0 saturated heterocycles. The molecule has 0 bridgehead atoms. The van der Waals surface area contributed by atoms with Crippen LogP contribution in [0.5, 0.6) is 0 Å². The number of carbonyl (C=O) groups excluding carboxylic acids is 1. The number of aromatic nitrogens is 4. The number of methoxy groups -OCH3 is 1. The van der Waals surface area contributed by atoms with Crippen molar-refractivity contribution in [1.82, 2.24) is 19.3 Å². The SMILES string of the molecule is COCCn1c(C)cc(C(=O)CSc2nnc(-c3ccccc3F)n2Cc2ccccc2)c1C. The predicted molar refractivity (Wildman–Crippen MR) is 132 cm³/mol. The second-order valence-electron chi connectivity index (χ2n) is 8.00. The zero-order valence-corrected chi connectivity index (χ0v) is 20.3. The number of Topliss-reactive ketones (excluding diaryl/α,β-unsaturated/α-hetero) is 1. The third-order valence-electron chi connectivity index (χ3n) is 5.74. The number of thioether (sulfide) groups is 1. The average molecular weight is 479 g/mol. The molecule has 2 aromatic heterocycles. The second-order valence-corrected chi connectivity index (χ2v) is 8.94. The van der Waals surface area contributed by atoms with Gasteiger partial charge in [0.2, 0.25) is 0 Å². The lowest BCUT2D eigenvalue weighted by Crippen LogP contribution is -2.10. The van der Waals surface area contributed by atoms with Crippen LogP contribution in [-0.4, -0.2) is 44.6 Å². The van der Waals surface area contributed by atoms with Gasteiger partial charge >= 0.3 is 0 Å². The summed E-state index contributed by atoms with van der Waals surface area (Å²) in [5, 5.41) is 9.18. The van der Waals surface area contributed by atoms with Crippen LogP contribution in [0, 0.1) is 19.7 Å². The van der Waals surface area contributed by atoms with E-state index >= 15 is 0 Å². The molecule has 4 rings (SSSR count). The third-order valence-corrected chi connectivity index (χ3v) is 6.71. The first-order valence-corrected chi connectivity index (χ1v) is 12.0. The minimum absolute atomic E-state index is 0.0171. The Morgan fingerprint density at radius 3 is 2.50 bits per heavy atom. The van der Waals surface area contributed by atoms with Crippen molar-refractivity contribution in [3.8, 4) is 11.4 Å². The lowest BCUT2D eigenvalue weighted by atomic mass is 10.2. The number of nitrogens with zero attached hydrogens (tertiary/aromatic N) is 4. The summed E-state index contributed by atoms with van der Waals surface area (Å²) in [6.07, 6.45) is 0. The summed E-state index contributed by atoms with van der Waals surface area (Å²) >= 11 is 1.32. The molecule has 6 nitrogen and oxygen atoms in total. The molecular formula is C26H27FN4O2S. The first kappa shape index (κ1) is 23.9. The van der Waals surface area contributed by atoms with Gasteiger partial charge in [-0.2, -0.15) is 0 Å². The van der Waals surface area contributed by atoms with E-state index in [-0.39, 0.29) is 17.4 Å². The number of hydrogen-bond acceptors (Lipinski definition) is 5. The highest BCUT2D eigenvalue weighted by Crippen LogP contribution is 2.28. The van der Waals surface area contributed by atoms with Crippen LogP contribution in [0.4, 0.5) is 4.39 Å². The van der Waals surface area contributed by atoms with Crippen molar-refractivity contribution in [1.29, 1.82) is 0 Å². The van der Waals surface area contributed by atoms with Crippen LogP contribution in [0.25, 0.3) is 11.4 Å². The Bertz CT molecular complexity index is 1280. The van der Waals surface area contributed by atoms with Crippen LogP contribution < -0.4 is 0 Å². The fraction of sp³-hybridized carbons (Fsp3) is 0.269. The summed E-state index contributed by atoms with van der Waals surface area (Å²) in [6, 6.07) is 18.3. The summed E-state index contributed by atoms with van der Waals surface area (Å²) in [6.45, 7) is 5.70. The van der Waals surface area contributed by atoms with Crippen molar-refractivity contribution in [2.24, 2.45) is 0 Å². The van der Waals surface area contributed by atoms with E-state index in [2.05, 4.69) is 14.8 Å². The maximum atomic E-state index is 14.6. The van der Waals surface area contributed by atoms with Crippen molar-refractivity contribution in [2.45, 2.75) is 32.1 Å². The molecule has 0 radical (unpaired) electrons. The number of benzene rings is 2. The fourth-order valence-corrected chi connectivity index (χ4v) is 4.78. The number of rotatable bonds is 10. The van der Waals surface area contributed by atoms with E-state index in [1.807, 2.05) is 54.8 Å². The van der Waals surface area contributed by atoms with Gasteiger partial charge in [-0.25, -0.2) is 4.39 Å². The van der Waals surface area contributed by atoms with Crippen molar-refractivity contribution < 1.29 is 13.9 Å². The maximum absolute atomic E-state index is 14.6. The lowest BCUT2D eigenvalue weighted by Gasteiger charge is -2.11. The number of ketones is 1. The van der Waals surface area contributed by atoms with Crippen LogP contribution in [-0.2, 0) is 17.8 Å². The first-order valence-electron chi connectivity index (χ1n) is 11.0. The Labute approximate surface area is 202 Å². The molecule has 2 heterocycles. The summed E-state index contributed by atoms with van der Waals surface area (Å²) in [4.78, 5) is 13.1. The molecule has 0 spiro atoms. The van der Waals surface area contributed by atoms with E-state index in [9.17, 15) is 9.18 Å². The standard InChI is InChI=1S/C26H27FN4O2S/c1-18-15-22(19(2)30(18)13-14-33-3)24(32)17-34-26-29-28-25(21-11-7-8-12-23(21)27)31(26)16-20-9-5-4-6-10-20/h4-12,15H,13-14,16-17H2,1-3H3. The minimum Gasteiger partial charge on any atom is -0.383 e. The molecule has 0 fully saturated rings. The molecule has 34 heavy (non-hydrogen) atoms. The molecular weight excluding hydrogens is 451 g/mol.